The number of fused-ring (bicyclic) bond motifs is 4. The van der Waals surface area contributed by atoms with Crippen LogP contribution >= 0.6 is 11.3 Å². The summed E-state index contributed by atoms with van der Waals surface area (Å²) in [6.07, 6.45) is 4.71. The number of rotatable bonds is 2. The van der Waals surface area contributed by atoms with Crippen LogP contribution in [0.5, 0.6) is 0 Å². The average molecular weight is 366 g/mol. The number of aliphatic hydroxyl groups is 1. The van der Waals surface area contributed by atoms with Gasteiger partial charge in [-0.15, -0.1) is 11.3 Å². The predicted octanol–water partition coefficient (Wildman–Crippen LogP) is 2.57. The van der Waals surface area contributed by atoms with Gasteiger partial charge >= 0.3 is 0 Å². The van der Waals surface area contributed by atoms with E-state index < -0.39 is 6.10 Å². The maximum atomic E-state index is 11.9. The van der Waals surface area contributed by atoms with Gasteiger partial charge in [-0.05, 0) is 18.4 Å². The zero-order valence-electron chi connectivity index (χ0n) is 14.2. The number of aliphatic hydroxyl groups excluding tert-OH is 1. The molecule has 3 heterocycles. The minimum atomic E-state index is -0.695. The van der Waals surface area contributed by atoms with Crippen molar-refractivity contribution in [2.24, 2.45) is 5.92 Å². The van der Waals surface area contributed by atoms with E-state index in [0.29, 0.717) is 10.7 Å². The minimum absolute atomic E-state index is 0.00117. The Labute approximate surface area is 154 Å². The van der Waals surface area contributed by atoms with Gasteiger partial charge in [0.1, 0.15) is 6.10 Å². The van der Waals surface area contributed by atoms with Crippen molar-refractivity contribution in [3.8, 4) is 11.3 Å². The standard InChI is InChI=1S/C19H18N4O2S/c1-20-18(25)19-22-15-14(26-19)7-6-12(17(15)24)16-11-5-3-2-4-10(11)13-8-21-9-23(13)16/h2-5,8-9,12,16-17,24H,6-7H2,1H3,(H,20,25)/t12-,16+,17-/m0/s1. The number of benzene rings is 1. The van der Waals surface area contributed by atoms with Crippen LogP contribution in [0.2, 0.25) is 0 Å². The molecule has 0 fully saturated rings. The molecule has 2 aliphatic rings. The lowest BCUT2D eigenvalue weighted by Crippen LogP contribution is -2.28. The van der Waals surface area contributed by atoms with Gasteiger partial charge < -0.3 is 15.0 Å². The lowest BCUT2D eigenvalue weighted by atomic mass is 9.80. The molecule has 2 aromatic heterocycles. The van der Waals surface area contributed by atoms with Crippen molar-refractivity contribution < 1.29 is 9.90 Å². The van der Waals surface area contributed by atoms with Crippen LogP contribution in [0.15, 0.2) is 36.8 Å². The van der Waals surface area contributed by atoms with Gasteiger partial charge in [0.2, 0.25) is 0 Å². The molecule has 5 rings (SSSR count). The molecule has 3 atom stereocenters. The highest BCUT2D eigenvalue weighted by molar-refractivity contribution is 7.13. The molecular formula is C19H18N4O2S. The molecule has 132 valence electrons. The van der Waals surface area contributed by atoms with Crippen LogP contribution in [0, 0.1) is 5.92 Å². The highest BCUT2D eigenvalue weighted by Crippen LogP contribution is 2.50. The molecule has 0 unspecified atom stereocenters. The molecule has 3 aromatic rings. The Morgan fingerprint density at radius 2 is 2.23 bits per heavy atom. The Bertz CT molecular complexity index is 1010. The molecule has 1 aromatic carbocycles. The summed E-state index contributed by atoms with van der Waals surface area (Å²) in [5.74, 6) is -0.199. The average Bonchev–Trinajstić information content (AvgIpc) is 3.36. The molecule has 1 aliphatic heterocycles. The van der Waals surface area contributed by atoms with Crippen LogP contribution in [0.3, 0.4) is 0 Å². The zero-order chi connectivity index (χ0) is 17.8. The molecule has 26 heavy (non-hydrogen) atoms. The number of nitrogens with one attached hydrogen (secondary N) is 1. The van der Waals surface area contributed by atoms with Crippen LogP contribution in [0.1, 0.15) is 44.5 Å². The van der Waals surface area contributed by atoms with Crippen molar-refractivity contribution in [2.45, 2.75) is 25.0 Å². The van der Waals surface area contributed by atoms with Gasteiger partial charge in [-0.25, -0.2) is 9.97 Å². The number of hydrogen-bond donors (Lipinski definition) is 2. The molecule has 6 nitrogen and oxygen atoms in total. The molecule has 1 aliphatic carbocycles. The molecule has 0 saturated carbocycles. The third-order valence-corrected chi connectivity index (χ3v) is 6.60. The van der Waals surface area contributed by atoms with Crippen LogP contribution < -0.4 is 5.32 Å². The second-order valence-electron chi connectivity index (χ2n) is 6.77. The normalized spacial score (nSPS) is 23.2. The lowest BCUT2D eigenvalue weighted by Gasteiger charge is -2.33. The molecule has 2 N–H and O–H groups in total. The summed E-state index contributed by atoms with van der Waals surface area (Å²) in [6.45, 7) is 0. The van der Waals surface area contributed by atoms with Gasteiger partial charge in [-0.3, -0.25) is 4.79 Å². The monoisotopic (exact) mass is 366 g/mol. The minimum Gasteiger partial charge on any atom is -0.386 e. The number of aromatic nitrogens is 3. The number of carbonyl (C=O) groups excluding carboxylic acids is 1. The fourth-order valence-electron chi connectivity index (χ4n) is 4.28. The summed E-state index contributed by atoms with van der Waals surface area (Å²) in [4.78, 5) is 21.7. The molecule has 0 spiro atoms. The van der Waals surface area contributed by atoms with Gasteiger partial charge in [-0.1, -0.05) is 24.3 Å². The predicted molar refractivity (Wildman–Crippen MR) is 98.1 cm³/mol. The number of amides is 1. The van der Waals surface area contributed by atoms with E-state index in [1.807, 2.05) is 24.7 Å². The second kappa shape index (κ2) is 5.75. The zero-order valence-corrected chi connectivity index (χ0v) is 15.0. The van der Waals surface area contributed by atoms with Crippen molar-refractivity contribution in [2.75, 3.05) is 7.05 Å². The topological polar surface area (TPSA) is 80.0 Å². The summed E-state index contributed by atoms with van der Waals surface area (Å²) in [7, 11) is 1.60. The van der Waals surface area contributed by atoms with Gasteiger partial charge in [0.25, 0.3) is 5.91 Å². The number of nitrogens with zero attached hydrogens (tertiary/aromatic N) is 3. The summed E-state index contributed by atoms with van der Waals surface area (Å²) < 4.78 is 2.16. The Balaban J connectivity index is 1.56. The third-order valence-electron chi connectivity index (χ3n) is 5.47. The third kappa shape index (κ3) is 2.10. The second-order valence-corrected chi connectivity index (χ2v) is 7.86. The summed E-state index contributed by atoms with van der Waals surface area (Å²) in [6, 6.07) is 8.35. The Morgan fingerprint density at radius 3 is 3.08 bits per heavy atom. The van der Waals surface area contributed by atoms with E-state index >= 15 is 0 Å². The number of imidazole rings is 1. The maximum absolute atomic E-state index is 11.9. The van der Waals surface area contributed by atoms with Crippen molar-refractivity contribution >= 4 is 17.2 Å². The first-order valence-corrected chi connectivity index (χ1v) is 9.51. The SMILES string of the molecule is CNC(=O)c1nc2c(s1)CC[C@@H]([C@H]1c3ccccc3-c3cncn31)[C@@H]2O. The van der Waals surface area contributed by atoms with E-state index in [2.05, 4.69) is 32.0 Å². The van der Waals surface area contributed by atoms with Crippen LogP contribution in [-0.4, -0.2) is 32.6 Å². The van der Waals surface area contributed by atoms with Crippen LogP contribution in [-0.2, 0) is 6.42 Å². The molecular weight excluding hydrogens is 348 g/mol. The first-order chi connectivity index (χ1) is 12.7. The summed E-state index contributed by atoms with van der Waals surface area (Å²) in [5.41, 5.74) is 4.15. The highest BCUT2D eigenvalue weighted by Gasteiger charge is 2.42. The fourth-order valence-corrected chi connectivity index (χ4v) is 5.34. The van der Waals surface area contributed by atoms with E-state index in [-0.39, 0.29) is 17.9 Å². The quantitative estimate of drug-likeness (QED) is 0.730. The number of hydrogen-bond acceptors (Lipinski definition) is 5. The summed E-state index contributed by atoms with van der Waals surface area (Å²) in [5, 5.41) is 14.1. The van der Waals surface area contributed by atoms with E-state index in [1.54, 1.807) is 7.05 Å². The maximum Gasteiger partial charge on any atom is 0.280 e. The molecule has 0 radical (unpaired) electrons. The number of aryl methyl sites for hydroxylation is 1. The van der Waals surface area contributed by atoms with E-state index in [1.165, 1.54) is 22.5 Å². The Morgan fingerprint density at radius 1 is 1.38 bits per heavy atom. The smallest absolute Gasteiger partial charge is 0.280 e. The van der Waals surface area contributed by atoms with Crippen molar-refractivity contribution in [1.82, 2.24) is 19.9 Å². The Hall–Kier alpha value is -2.51. The molecule has 0 bridgehead atoms. The highest BCUT2D eigenvalue weighted by atomic mass is 32.1. The lowest BCUT2D eigenvalue weighted by molar-refractivity contribution is 0.0690. The van der Waals surface area contributed by atoms with E-state index in [4.69, 9.17) is 0 Å². The molecule has 7 heteroatoms. The number of thiazole rings is 1. The van der Waals surface area contributed by atoms with Gasteiger partial charge in [0, 0.05) is 23.4 Å². The number of carbonyl (C=O) groups is 1. The first kappa shape index (κ1) is 15.7. The largest absolute Gasteiger partial charge is 0.386 e. The van der Waals surface area contributed by atoms with Crippen molar-refractivity contribution in [3.05, 3.63) is 57.9 Å². The van der Waals surface area contributed by atoms with Crippen LogP contribution in [0.25, 0.3) is 11.3 Å². The Kier molecular flexibility index (Phi) is 3.48. The summed E-state index contributed by atoms with van der Waals surface area (Å²) >= 11 is 1.39. The van der Waals surface area contributed by atoms with Gasteiger partial charge in [0.15, 0.2) is 5.01 Å². The van der Waals surface area contributed by atoms with E-state index in [0.717, 1.165) is 23.4 Å². The van der Waals surface area contributed by atoms with Crippen LogP contribution in [0.4, 0.5) is 0 Å². The molecule has 1 amide bonds. The van der Waals surface area contributed by atoms with Crippen molar-refractivity contribution in [3.63, 3.8) is 0 Å². The van der Waals surface area contributed by atoms with E-state index in [9.17, 15) is 9.90 Å². The van der Waals surface area contributed by atoms with Gasteiger partial charge in [0.05, 0.1) is 30.0 Å². The first-order valence-electron chi connectivity index (χ1n) is 8.70. The fraction of sp³-hybridized carbons (Fsp3) is 0.316. The van der Waals surface area contributed by atoms with Gasteiger partial charge in [-0.2, -0.15) is 0 Å². The molecule has 0 saturated heterocycles. The van der Waals surface area contributed by atoms with Crippen molar-refractivity contribution in [1.29, 1.82) is 0 Å².